The van der Waals surface area contributed by atoms with Gasteiger partial charge in [-0.25, -0.2) is 4.98 Å². The average Bonchev–Trinajstić information content (AvgIpc) is 3.52. The normalized spacial score (nSPS) is 17.2. The monoisotopic (exact) mass is 325 g/mol. The third-order valence-corrected chi connectivity index (χ3v) is 4.71. The van der Waals surface area contributed by atoms with Gasteiger partial charge in [0, 0.05) is 23.2 Å². The largest absolute Gasteiger partial charge is 0.325 e. The number of likely N-dealkylation sites (N-methyl/N-ethyl adjacent to an activating group) is 1. The van der Waals surface area contributed by atoms with E-state index in [2.05, 4.69) is 32.3 Å². The summed E-state index contributed by atoms with van der Waals surface area (Å²) in [5, 5.41) is 10.3. The fourth-order valence-corrected chi connectivity index (χ4v) is 2.97. The van der Waals surface area contributed by atoms with Gasteiger partial charge in [0.1, 0.15) is 5.82 Å². The van der Waals surface area contributed by atoms with Crippen LogP contribution in [-0.2, 0) is 4.79 Å². The van der Waals surface area contributed by atoms with Crippen molar-refractivity contribution in [3.63, 3.8) is 0 Å². The molecule has 1 heterocycles. The number of carbonyl (C=O) groups is 1. The number of rotatable bonds is 7. The highest BCUT2D eigenvalue weighted by molar-refractivity contribution is 5.92. The highest BCUT2D eigenvalue weighted by atomic mass is 16.2. The molecule has 0 unspecified atom stereocenters. The summed E-state index contributed by atoms with van der Waals surface area (Å²) in [5.74, 6) is 2.32. The summed E-state index contributed by atoms with van der Waals surface area (Å²) in [4.78, 5) is 19.0. The minimum Gasteiger partial charge on any atom is -0.325 e. The minimum absolute atomic E-state index is 0.0467. The Kier molecular flexibility index (Phi) is 4.06. The summed E-state index contributed by atoms with van der Waals surface area (Å²) < 4.78 is 0. The van der Waals surface area contributed by atoms with Crippen LogP contribution in [0.4, 0.5) is 5.69 Å². The molecule has 2 N–H and O–H groups in total. The summed E-state index contributed by atoms with van der Waals surface area (Å²) in [6, 6.07) is 8.33. The molecule has 0 radical (unpaired) electrons. The number of hydrogen-bond donors (Lipinski definition) is 2. The van der Waals surface area contributed by atoms with E-state index in [-0.39, 0.29) is 5.91 Å². The van der Waals surface area contributed by atoms with E-state index in [1.807, 2.05) is 24.3 Å². The molecule has 0 aliphatic heterocycles. The number of carbonyl (C=O) groups excluding carboxylic acids is 1. The van der Waals surface area contributed by atoms with Crippen molar-refractivity contribution in [2.24, 2.45) is 0 Å². The Bertz CT molecular complexity index is 715. The lowest BCUT2D eigenvalue weighted by Gasteiger charge is -2.18. The Morgan fingerprint density at radius 2 is 2.00 bits per heavy atom. The second-order valence-corrected chi connectivity index (χ2v) is 6.74. The lowest BCUT2D eigenvalue weighted by Crippen LogP contribution is -2.34. The molecule has 2 aliphatic rings. The average molecular weight is 325 g/mol. The first-order valence-corrected chi connectivity index (χ1v) is 8.79. The standard InChI is InChI=1S/C18H23N5O/c1-2-23(15-9-10-15)11-16(24)19-14-7-5-13(6-8-14)18-20-17(21-22-18)12-3-4-12/h5-8,12,15H,2-4,9-11H2,1H3,(H,19,24)(H,20,21,22). The van der Waals surface area contributed by atoms with Gasteiger partial charge in [0.05, 0.1) is 6.54 Å². The molecule has 2 saturated carbocycles. The molecule has 1 aromatic carbocycles. The van der Waals surface area contributed by atoms with Gasteiger partial charge in [-0.2, -0.15) is 5.10 Å². The quantitative estimate of drug-likeness (QED) is 0.821. The minimum atomic E-state index is 0.0467. The predicted molar refractivity (Wildman–Crippen MR) is 92.7 cm³/mol. The van der Waals surface area contributed by atoms with E-state index in [0.717, 1.165) is 29.4 Å². The zero-order chi connectivity index (χ0) is 16.5. The maximum Gasteiger partial charge on any atom is 0.238 e. The number of aromatic amines is 1. The zero-order valence-electron chi connectivity index (χ0n) is 14.0. The number of nitrogens with one attached hydrogen (secondary N) is 2. The van der Waals surface area contributed by atoms with Gasteiger partial charge in [0.15, 0.2) is 5.82 Å². The summed E-state index contributed by atoms with van der Waals surface area (Å²) in [7, 11) is 0. The van der Waals surface area contributed by atoms with E-state index in [0.29, 0.717) is 18.5 Å². The Balaban J connectivity index is 1.36. The Morgan fingerprint density at radius 3 is 2.62 bits per heavy atom. The highest BCUT2D eigenvalue weighted by Gasteiger charge is 2.29. The van der Waals surface area contributed by atoms with E-state index in [9.17, 15) is 4.79 Å². The van der Waals surface area contributed by atoms with Crippen LogP contribution < -0.4 is 5.32 Å². The van der Waals surface area contributed by atoms with Crippen LogP contribution in [0.2, 0.25) is 0 Å². The highest BCUT2D eigenvalue weighted by Crippen LogP contribution is 2.38. The van der Waals surface area contributed by atoms with Crippen molar-refractivity contribution < 1.29 is 4.79 Å². The molecule has 1 aromatic heterocycles. The molecule has 6 heteroatoms. The Hall–Kier alpha value is -2.21. The summed E-state index contributed by atoms with van der Waals surface area (Å²) in [6.45, 7) is 3.49. The van der Waals surface area contributed by atoms with Gasteiger partial charge >= 0.3 is 0 Å². The molecule has 2 aromatic rings. The third-order valence-electron chi connectivity index (χ3n) is 4.71. The number of nitrogens with zero attached hydrogens (tertiary/aromatic N) is 3. The molecule has 4 rings (SSSR count). The third kappa shape index (κ3) is 3.48. The molecule has 2 fully saturated rings. The second kappa shape index (κ2) is 6.36. The van der Waals surface area contributed by atoms with Crippen molar-refractivity contribution in [2.75, 3.05) is 18.4 Å². The molecule has 2 aliphatic carbocycles. The van der Waals surface area contributed by atoms with E-state index in [4.69, 9.17) is 0 Å². The Morgan fingerprint density at radius 1 is 1.25 bits per heavy atom. The van der Waals surface area contributed by atoms with Crippen LogP contribution in [0.3, 0.4) is 0 Å². The van der Waals surface area contributed by atoms with E-state index < -0.39 is 0 Å². The smallest absolute Gasteiger partial charge is 0.238 e. The summed E-state index contributed by atoms with van der Waals surface area (Å²) in [5.41, 5.74) is 1.78. The maximum absolute atomic E-state index is 12.2. The number of H-pyrrole nitrogens is 1. The number of amides is 1. The van der Waals surface area contributed by atoms with Crippen LogP contribution in [0, 0.1) is 0 Å². The van der Waals surface area contributed by atoms with Crippen LogP contribution in [0.5, 0.6) is 0 Å². The predicted octanol–water partition coefficient (Wildman–Crippen LogP) is 2.77. The van der Waals surface area contributed by atoms with Gasteiger partial charge in [-0.3, -0.25) is 14.8 Å². The molecule has 0 spiro atoms. The van der Waals surface area contributed by atoms with Crippen molar-refractivity contribution >= 4 is 11.6 Å². The molecule has 126 valence electrons. The zero-order valence-corrected chi connectivity index (χ0v) is 14.0. The lowest BCUT2D eigenvalue weighted by molar-refractivity contribution is -0.117. The molecule has 24 heavy (non-hydrogen) atoms. The summed E-state index contributed by atoms with van der Waals surface area (Å²) in [6.07, 6.45) is 4.84. The van der Waals surface area contributed by atoms with E-state index >= 15 is 0 Å². The van der Waals surface area contributed by atoms with Crippen LogP contribution in [-0.4, -0.2) is 45.1 Å². The van der Waals surface area contributed by atoms with Crippen molar-refractivity contribution in [2.45, 2.75) is 44.6 Å². The van der Waals surface area contributed by atoms with Crippen molar-refractivity contribution in [3.05, 3.63) is 30.1 Å². The number of aromatic nitrogens is 3. The van der Waals surface area contributed by atoms with Gasteiger partial charge in [0.25, 0.3) is 0 Å². The number of benzene rings is 1. The van der Waals surface area contributed by atoms with Crippen LogP contribution in [0.1, 0.15) is 44.3 Å². The van der Waals surface area contributed by atoms with Crippen molar-refractivity contribution in [3.8, 4) is 11.4 Å². The van der Waals surface area contributed by atoms with Gasteiger partial charge in [-0.15, -0.1) is 0 Å². The van der Waals surface area contributed by atoms with Crippen molar-refractivity contribution in [1.29, 1.82) is 0 Å². The first kappa shape index (κ1) is 15.3. The fourth-order valence-electron chi connectivity index (χ4n) is 2.97. The van der Waals surface area contributed by atoms with Gasteiger partial charge in [0.2, 0.25) is 5.91 Å². The van der Waals surface area contributed by atoms with Crippen LogP contribution >= 0.6 is 0 Å². The molecule has 0 bridgehead atoms. The lowest BCUT2D eigenvalue weighted by atomic mass is 10.2. The molecule has 1 amide bonds. The van der Waals surface area contributed by atoms with Crippen LogP contribution in [0.15, 0.2) is 24.3 Å². The number of anilines is 1. The molecule has 6 nitrogen and oxygen atoms in total. The van der Waals surface area contributed by atoms with Crippen LogP contribution in [0.25, 0.3) is 11.4 Å². The molecule has 0 saturated heterocycles. The van der Waals surface area contributed by atoms with Crippen molar-refractivity contribution in [1.82, 2.24) is 20.1 Å². The SMILES string of the molecule is CCN(CC(=O)Nc1ccc(-c2n[nH]c(C3CC3)n2)cc1)C1CC1. The van der Waals surface area contributed by atoms with E-state index in [1.165, 1.54) is 25.7 Å². The molecular formula is C18H23N5O. The Labute approximate surface area is 141 Å². The first-order chi connectivity index (χ1) is 11.7. The summed E-state index contributed by atoms with van der Waals surface area (Å²) >= 11 is 0. The fraction of sp³-hybridized carbons (Fsp3) is 0.500. The van der Waals surface area contributed by atoms with Gasteiger partial charge < -0.3 is 5.32 Å². The molecular weight excluding hydrogens is 302 g/mol. The van der Waals surface area contributed by atoms with Gasteiger partial charge in [-0.1, -0.05) is 6.92 Å². The second-order valence-electron chi connectivity index (χ2n) is 6.74. The molecule has 0 atom stereocenters. The van der Waals surface area contributed by atoms with Gasteiger partial charge in [-0.05, 0) is 56.5 Å². The maximum atomic E-state index is 12.2. The first-order valence-electron chi connectivity index (χ1n) is 8.79. The topological polar surface area (TPSA) is 73.9 Å². The number of hydrogen-bond acceptors (Lipinski definition) is 4. The van der Waals surface area contributed by atoms with E-state index in [1.54, 1.807) is 0 Å².